The Kier molecular flexibility index (Phi) is 7.27. The average molecular weight is 383 g/mol. The van der Waals surface area contributed by atoms with E-state index >= 15 is 0 Å². The fraction of sp³-hybridized carbons (Fsp3) is 0.929. The smallest absolute Gasteiger partial charge is 0.217 e. The zero-order chi connectivity index (χ0) is 19.6. The predicted octanol–water partition coefficient (Wildman–Crippen LogP) is -5.25. The molecule has 0 aromatic rings. The van der Waals surface area contributed by atoms with Gasteiger partial charge >= 0.3 is 0 Å². The fourth-order valence-electron chi connectivity index (χ4n) is 2.98. The van der Waals surface area contributed by atoms with E-state index in [1.54, 1.807) is 0 Å². The number of carbonyl (C=O) groups excluding carboxylic acids is 1. The van der Waals surface area contributed by atoms with Crippen LogP contribution in [0.1, 0.15) is 6.92 Å². The molecule has 12 nitrogen and oxygen atoms in total. The van der Waals surface area contributed by atoms with Crippen molar-refractivity contribution in [2.75, 3.05) is 13.2 Å². The molecule has 2 saturated heterocycles. The lowest BCUT2D eigenvalue weighted by atomic mass is 9.95. The third kappa shape index (κ3) is 4.31. The molecule has 0 bridgehead atoms. The highest BCUT2D eigenvalue weighted by Crippen LogP contribution is 2.28. The van der Waals surface area contributed by atoms with Crippen molar-refractivity contribution in [3.05, 3.63) is 0 Å². The third-order valence-corrected chi connectivity index (χ3v) is 4.38. The molecule has 0 aromatic heterocycles. The van der Waals surface area contributed by atoms with Crippen LogP contribution in [-0.4, -0.2) is 116 Å². The van der Waals surface area contributed by atoms with Gasteiger partial charge in [-0.15, -0.1) is 0 Å². The van der Waals surface area contributed by atoms with Crippen molar-refractivity contribution in [2.24, 2.45) is 0 Å². The summed E-state index contributed by atoms with van der Waals surface area (Å²) in [5.74, 6) is -0.564. The van der Waals surface area contributed by atoms with Crippen LogP contribution in [0.2, 0.25) is 0 Å². The summed E-state index contributed by atoms with van der Waals surface area (Å²) in [4.78, 5) is 11.2. The maximum atomic E-state index is 11.2. The predicted molar refractivity (Wildman–Crippen MR) is 80.2 cm³/mol. The van der Waals surface area contributed by atoms with E-state index in [4.69, 9.17) is 14.2 Å². The molecular weight excluding hydrogens is 358 g/mol. The molecule has 0 unspecified atom stereocenters. The molecule has 0 saturated carbocycles. The van der Waals surface area contributed by atoms with E-state index in [0.29, 0.717) is 0 Å². The first-order chi connectivity index (χ1) is 12.2. The van der Waals surface area contributed by atoms with Gasteiger partial charge in [-0.1, -0.05) is 0 Å². The van der Waals surface area contributed by atoms with E-state index in [-0.39, 0.29) is 0 Å². The standard InChI is InChI=1S/C14H25NO11/c1-4(18)15-7-9(20)12(6(3-17)24-13(7)23)26-14-11(22)10(21)8(19)5(2-16)25-14/h5-14,16-17,19-23H,2-3H2,1H3,(H,15,18)/t5-,6-,7-,8+,9-,10+,11-,12+,13-,14+/m1/s1. The molecule has 2 heterocycles. The van der Waals surface area contributed by atoms with Gasteiger partial charge in [-0.3, -0.25) is 4.79 Å². The molecule has 1 amide bonds. The number of nitrogens with one attached hydrogen (secondary N) is 1. The quantitative estimate of drug-likeness (QED) is 0.226. The van der Waals surface area contributed by atoms with Crippen LogP contribution in [0.4, 0.5) is 0 Å². The Labute approximate surface area is 148 Å². The Balaban J connectivity index is 2.16. The Morgan fingerprint density at radius 3 is 2.08 bits per heavy atom. The molecule has 12 heteroatoms. The maximum Gasteiger partial charge on any atom is 0.217 e. The minimum absolute atomic E-state index is 0.564. The molecule has 10 atom stereocenters. The number of hydrogen-bond acceptors (Lipinski definition) is 11. The molecule has 0 radical (unpaired) electrons. The lowest BCUT2D eigenvalue weighted by Gasteiger charge is -2.46. The summed E-state index contributed by atoms with van der Waals surface area (Å²) < 4.78 is 15.7. The van der Waals surface area contributed by atoms with E-state index in [9.17, 15) is 40.5 Å². The number of aliphatic hydroxyl groups excluding tert-OH is 7. The van der Waals surface area contributed by atoms with Crippen molar-refractivity contribution in [2.45, 2.75) is 68.3 Å². The second-order valence-electron chi connectivity index (χ2n) is 6.26. The van der Waals surface area contributed by atoms with Crippen LogP contribution in [0.3, 0.4) is 0 Å². The minimum atomic E-state index is -1.73. The first-order valence-electron chi connectivity index (χ1n) is 8.06. The van der Waals surface area contributed by atoms with Crippen LogP contribution in [0.15, 0.2) is 0 Å². The highest BCUT2D eigenvalue weighted by atomic mass is 16.7. The number of hydrogen-bond donors (Lipinski definition) is 8. The van der Waals surface area contributed by atoms with Crippen LogP contribution in [0.25, 0.3) is 0 Å². The van der Waals surface area contributed by atoms with E-state index < -0.39 is 80.5 Å². The van der Waals surface area contributed by atoms with Gasteiger partial charge in [0.2, 0.25) is 5.91 Å². The van der Waals surface area contributed by atoms with Crippen molar-refractivity contribution >= 4 is 5.91 Å². The number of ether oxygens (including phenoxy) is 3. The van der Waals surface area contributed by atoms with Crippen molar-refractivity contribution in [3.8, 4) is 0 Å². The third-order valence-electron chi connectivity index (χ3n) is 4.38. The zero-order valence-electron chi connectivity index (χ0n) is 14.0. The van der Waals surface area contributed by atoms with Gasteiger partial charge in [0.05, 0.1) is 13.2 Å². The van der Waals surface area contributed by atoms with E-state index in [0.717, 1.165) is 6.92 Å². The Bertz CT molecular complexity index is 478. The van der Waals surface area contributed by atoms with Gasteiger partial charge in [0.15, 0.2) is 12.6 Å². The number of rotatable bonds is 5. The molecule has 0 spiro atoms. The summed E-state index contributed by atoms with van der Waals surface area (Å²) in [5.41, 5.74) is 0. The summed E-state index contributed by atoms with van der Waals surface area (Å²) in [5, 5.41) is 70.7. The molecule has 152 valence electrons. The zero-order valence-corrected chi connectivity index (χ0v) is 14.0. The number of amides is 1. The van der Waals surface area contributed by atoms with Crippen molar-refractivity contribution in [3.63, 3.8) is 0 Å². The van der Waals surface area contributed by atoms with Crippen molar-refractivity contribution in [1.29, 1.82) is 0 Å². The maximum absolute atomic E-state index is 11.2. The highest BCUT2D eigenvalue weighted by molar-refractivity contribution is 5.73. The second kappa shape index (κ2) is 8.84. The summed E-state index contributed by atoms with van der Waals surface area (Å²) in [7, 11) is 0. The second-order valence-corrected chi connectivity index (χ2v) is 6.26. The molecule has 26 heavy (non-hydrogen) atoms. The SMILES string of the molecule is CC(=O)N[C@@H]1[C@@H](O)[C@@H](O[C@@H]2O[C@H](CO)[C@H](O)[C@H](O)[C@H]2O)[C@@H](CO)O[C@H]1O. The lowest BCUT2D eigenvalue weighted by Crippen LogP contribution is -2.67. The first kappa shape index (κ1) is 21.4. The van der Waals surface area contributed by atoms with Crippen molar-refractivity contribution in [1.82, 2.24) is 5.32 Å². The topological polar surface area (TPSA) is 198 Å². The Hall–Kier alpha value is -0.930. The Morgan fingerprint density at radius 2 is 1.54 bits per heavy atom. The summed E-state index contributed by atoms with van der Waals surface area (Å²) in [6.45, 7) is -0.195. The van der Waals surface area contributed by atoms with Gasteiger partial charge in [0.1, 0.15) is 48.8 Å². The summed E-state index contributed by atoms with van der Waals surface area (Å²) >= 11 is 0. The van der Waals surface area contributed by atoms with Crippen LogP contribution < -0.4 is 5.32 Å². The monoisotopic (exact) mass is 383 g/mol. The van der Waals surface area contributed by atoms with E-state index in [1.165, 1.54) is 0 Å². The molecule has 0 aliphatic carbocycles. The van der Waals surface area contributed by atoms with Gasteiger partial charge in [-0.25, -0.2) is 0 Å². The molecule has 0 aromatic carbocycles. The van der Waals surface area contributed by atoms with E-state index in [1.807, 2.05) is 0 Å². The lowest BCUT2D eigenvalue weighted by molar-refractivity contribution is -0.345. The normalized spacial score (nSPS) is 46.8. The largest absolute Gasteiger partial charge is 0.394 e. The summed E-state index contributed by atoms with van der Waals surface area (Å²) in [6.07, 6.45) is -13.6. The first-order valence-corrected chi connectivity index (χ1v) is 8.06. The van der Waals surface area contributed by atoms with Crippen LogP contribution >= 0.6 is 0 Å². The molecule has 2 aliphatic heterocycles. The van der Waals surface area contributed by atoms with E-state index in [2.05, 4.69) is 5.32 Å². The number of aliphatic hydroxyl groups is 7. The van der Waals surface area contributed by atoms with Crippen molar-refractivity contribution < 1.29 is 54.8 Å². The molecule has 2 fully saturated rings. The fourth-order valence-corrected chi connectivity index (χ4v) is 2.98. The highest BCUT2D eigenvalue weighted by Gasteiger charge is 2.50. The summed E-state index contributed by atoms with van der Waals surface area (Å²) in [6, 6.07) is -1.29. The van der Waals surface area contributed by atoms with Crippen LogP contribution in [0, 0.1) is 0 Å². The van der Waals surface area contributed by atoms with Crippen LogP contribution in [-0.2, 0) is 19.0 Å². The van der Waals surface area contributed by atoms with Gasteiger partial charge in [0, 0.05) is 6.92 Å². The average Bonchev–Trinajstić information content (AvgIpc) is 2.60. The minimum Gasteiger partial charge on any atom is -0.394 e. The van der Waals surface area contributed by atoms with Gasteiger partial charge < -0.3 is 55.3 Å². The molecule has 2 aliphatic rings. The van der Waals surface area contributed by atoms with Crippen LogP contribution in [0.5, 0.6) is 0 Å². The van der Waals surface area contributed by atoms with Gasteiger partial charge in [0.25, 0.3) is 0 Å². The number of carbonyl (C=O) groups is 1. The molecule has 2 rings (SSSR count). The van der Waals surface area contributed by atoms with Gasteiger partial charge in [-0.05, 0) is 0 Å². The van der Waals surface area contributed by atoms with Gasteiger partial charge in [-0.2, -0.15) is 0 Å². The Morgan fingerprint density at radius 1 is 0.923 bits per heavy atom. The molecular formula is C14H25NO11. The molecule has 8 N–H and O–H groups in total.